The van der Waals surface area contributed by atoms with E-state index in [-0.39, 0.29) is 0 Å². The van der Waals surface area contributed by atoms with Crippen molar-refractivity contribution in [3.8, 4) is 5.75 Å². The van der Waals surface area contributed by atoms with Gasteiger partial charge >= 0.3 is 5.97 Å². The normalized spacial score (nSPS) is 12.5. The smallest absolute Gasteiger partial charge is 0.325 e. The van der Waals surface area contributed by atoms with E-state index in [1.54, 1.807) is 7.11 Å². The van der Waals surface area contributed by atoms with Crippen molar-refractivity contribution in [2.45, 2.75) is 26.8 Å². The van der Waals surface area contributed by atoms with Crippen molar-refractivity contribution in [3.05, 3.63) is 29.3 Å². The molecule has 0 fully saturated rings. The van der Waals surface area contributed by atoms with Crippen molar-refractivity contribution in [2.24, 2.45) is 0 Å². The molecular weight excluding hydrogens is 230 g/mol. The van der Waals surface area contributed by atoms with Crippen LogP contribution in [0.5, 0.6) is 5.75 Å². The Morgan fingerprint density at radius 3 is 2.44 bits per heavy atom. The number of benzene rings is 1. The Hall–Kier alpha value is -1.55. The first kappa shape index (κ1) is 14.5. The number of methoxy groups -OCH3 is 1. The van der Waals surface area contributed by atoms with E-state index in [4.69, 9.17) is 4.74 Å². The summed E-state index contributed by atoms with van der Waals surface area (Å²) in [5.41, 5.74) is 1.75. The van der Waals surface area contributed by atoms with Gasteiger partial charge in [-0.2, -0.15) is 0 Å². The molecule has 1 N–H and O–H groups in total. The second kappa shape index (κ2) is 6.40. The lowest BCUT2D eigenvalue weighted by atomic mass is 10.0. The second-order valence-electron chi connectivity index (χ2n) is 4.21. The highest BCUT2D eigenvalue weighted by molar-refractivity contribution is 5.77. The number of hydrogen-bond acceptors (Lipinski definition) is 3. The van der Waals surface area contributed by atoms with Crippen LogP contribution >= 0.6 is 0 Å². The van der Waals surface area contributed by atoms with Gasteiger partial charge in [0.15, 0.2) is 0 Å². The number of carbonyl (C=O) groups is 1. The molecule has 0 spiro atoms. The van der Waals surface area contributed by atoms with Gasteiger partial charge in [-0.15, -0.1) is 0 Å². The first-order valence-corrected chi connectivity index (χ1v) is 6.16. The van der Waals surface area contributed by atoms with E-state index in [0.29, 0.717) is 24.4 Å². The Morgan fingerprint density at radius 1 is 1.39 bits per heavy atom. The minimum atomic E-state index is -0.845. The molecule has 100 valence electrons. The third-order valence-electron chi connectivity index (χ3n) is 3.09. The van der Waals surface area contributed by atoms with E-state index in [1.165, 1.54) is 0 Å². The SMILES string of the molecule is CCN(CC)C(C(=O)O)c1cc(C)ccc1OC. The molecule has 4 nitrogen and oxygen atoms in total. The van der Waals surface area contributed by atoms with E-state index in [0.717, 1.165) is 5.56 Å². The highest BCUT2D eigenvalue weighted by Gasteiger charge is 2.28. The molecule has 0 saturated heterocycles. The lowest BCUT2D eigenvalue weighted by Gasteiger charge is -2.27. The van der Waals surface area contributed by atoms with Crippen LogP contribution in [0.2, 0.25) is 0 Å². The molecule has 0 aliphatic carbocycles. The van der Waals surface area contributed by atoms with Gasteiger partial charge < -0.3 is 9.84 Å². The molecule has 0 heterocycles. The van der Waals surface area contributed by atoms with Gasteiger partial charge in [0.25, 0.3) is 0 Å². The number of ether oxygens (including phenoxy) is 1. The van der Waals surface area contributed by atoms with Crippen LogP contribution in [0.1, 0.15) is 31.0 Å². The van der Waals surface area contributed by atoms with Gasteiger partial charge in [-0.25, -0.2) is 0 Å². The summed E-state index contributed by atoms with van der Waals surface area (Å²) in [5, 5.41) is 9.47. The zero-order valence-corrected chi connectivity index (χ0v) is 11.4. The van der Waals surface area contributed by atoms with Crippen LogP contribution in [-0.4, -0.2) is 36.2 Å². The Morgan fingerprint density at radius 2 is 2.00 bits per heavy atom. The van der Waals surface area contributed by atoms with E-state index < -0.39 is 12.0 Å². The molecule has 0 aromatic heterocycles. The summed E-state index contributed by atoms with van der Waals surface area (Å²) >= 11 is 0. The molecule has 0 aliphatic rings. The third-order valence-corrected chi connectivity index (χ3v) is 3.09. The maximum absolute atomic E-state index is 11.5. The summed E-state index contributed by atoms with van der Waals surface area (Å²) in [6, 6.07) is 4.97. The van der Waals surface area contributed by atoms with Crippen LogP contribution in [0.25, 0.3) is 0 Å². The zero-order valence-electron chi connectivity index (χ0n) is 11.4. The Kier molecular flexibility index (Phi) is 5.16. The van der Waals surface area contributed by atoms with Crippen molar-refractivity contribution in [1.29, 1.82) is 0 Å². The fourth-order valence-electron chi connectivity index (χ4n) is 2.14. The molecule has 1 rings (SSSR count). The van der Waals surface area contributed by atoms with Crippen LogP contribution in [0.3, 0.4) is 0 Å². The molecule has 18 heavy (non-hydrogen) atoms. The van der Waals surface area contributed by atoms with E-state index in [1.807, 2.05) is 43.9 Å². The predicted octanol–water partition coefficient (Wildman–Crippen LogP) is 2.47. The standard InChI is InChI=1S/C14H21NO3/c1-5-15(6-2)13(14(16)17)11-9-10(3)7-8-12(11)18-4/h7-9,13H,5-6H2,1-4H3,(H,16,17). The van der Waals surface area contributed by atoms with Gasteiger partial charge in [-0.1, -0.05) is 31.5 Å². The minimum absolute atomic E-state index is 0.625. The van der Waals surface area contributed by atoms with Gasteiger partial charge in [0.05, 0.1) is 7.11 Å². The molecular formula is C14H21NO3. The first-order valence-electron chi connectivity index (χ1n) is 6.16. The number of aliphatic carboxylic acids is 1. The summed E-state index contributed by atoms with van der Waals surface area (Å²) in [5.74, 6) is -0.220. The highest BCUT2D eigenvalue weighted by atomic mass is 16.5. The third kappa shape index (κ3) is 3.01. The maximum Gasteiger partial charge on any atom is 0.325 e. The molecule has 0 aliphatic heterocycles. The van der Waals surface area contributed by atoms with Crippen LogP contribution in [0.4, 0.5) is 0 Å². The lowest BCUT2D eigenvalue weighted by Crippen LogP contribution is -2.34. The lowest BCUT2D eigenvalue weighted by molar-refractivity contribution is -0.143. The largest absolute Gasteiger partial charge is 0.496 e. The van der Waals surface area contributed by atoms with Crippen molar-refractivity contribution in [1.82, 2.24) is 4.90 Å². The predicted molar refractivity (Wildman–Crippen MR) is 71.0 cm³/mol. The topological polar surface area (TPSA) is 49.8 Å². The van der Waals surface area contributed by atoms with E-state index >= 15 is 0 Å². The van der Waals surface area contributed by atoms with Gasteiger partial charge in [-0.05, 0) is 26.1 Å². The minimum Gasteiger partial charge on any atom is -0.496 e. The maximum atomic E-state index is 11.5. The summed E-state index contributed by atoms with van der Waals surface area (Å²) in [6.45, 7) is 7.24. The number of nitrogens with zero attached hydrogens (tertiary/aromatic N) is 1. The van der Waals surface area contributed by atoms with Crippen molar-refractivity contribution in [2.75, 3.05) is 20.2 Å². The van der Waals surface area contributed by atoms with Crippen molar-refractivity contribution < 1.29 is 14.6 Å². The Labute approximate surface area is 108 Å². The van der Waals surface area contributed by atoms with Gasteiger partial charge in [0.1, 0.15) is 11.8 Å². The molecule has 1 atom stereocenters. The molecule has 0 radical (unpaired) electrons. The molecule has 0 saturated carbocycles. The van der Waals surface area contributed by atoms with Crippen molar-refractivity contribution >= 4 is 5.97 Å². The van der Waals surface area contributed by atoms with Crippen molar-refractivity contribution in [3.63, 3.8) is 0 Å². The van der Waals surface area contributed by atoms with Crippen LogP contribution in [0, 0.1) is 6.92 Å². The average molecular weight is 251 g/mol. The molecule has 0 bridgehead atoms. The quantitative estimate of drug-likeness (QED) is 0.843. The molecule has 1 aromatic carbocycles. The molecule has 0 amide bonds. The fourth-order valence-corrected chi connectivity index (χ4v) is 2.14. The number of aryl methyl sites for hydroxylation is 1. The second-order valence-corrected chi connectivity index (χ2v) is 4.21. The number of likely N-dealkylation sites (N-methyl/N-ethyl adjacent to an activating group) is 1. The fraction of sp³-hybridized carbons (Fsp3) is 0.500. The highest BCUT2D eigenvalue weighted by Crippen LogP contribution is 2.30. The number of carboxylic acid groups (broad SMARTS) is 1. The average Bonchev–Trinajstić information content (AvgIpc) is 2.35. The summed E-state index contributed by atoms with van der Waals surface area (Å²) in [7, 11) is 1.56. The molecule has 1 aromatic rings. The summed E-state index contributed by atoms with van der Waals surface area (Å²) in [6.07, 6.45) is 0. The monoisotopic (exact) mass is 251 g/mol. The molecule has 4 heteroatoms. The van der Waals surface area contributed by atoms with Gasteiger partial charge in [0, 0.05) is 5.56 Å². The number of hydrogen-bond donors (Lipinski definition) is 1. The summed E-state index contributed by atoms with van der Waals surface area (Å²) < 4.78 is 5.28. The van der Waals surface area contributed by atoms with Crippen LogP contribution in [-0.2, 0) is 4.79 Å². The first-order chi connectivity index (χ1) is 8.54. The van der Waals surface area contributed by atoms with Gasteiger partial charge in [0.2, 0.25) is 0 Å². The van der Waals surface area contributed by atoms with E-state index in [9.17, 15) is 9.90 Å². The molecule has 1 unspecified atom stereocenters. The van der Waals surface area contributed by atoms with Crippen LogP contribution in [0.15, 0.2) is 18.2 Å². The zero-order chi connectivity index (χ0) is 13.7. The summed E-state index contributed by atoms with van der Waals surface area (Å²) in [4.78, 5) is 13.4. The van der Waals surface area contributed by atoms with Gasteiger partial charge in [-0.3, -0.25) is 9.69 Å². The number of carboxylic acids is 1. The van der Waals surface area contributed by atoms with Crippen LogP contribution < -0.4 is 4.74 Å². The Bertz CT molecular complexity index is 414. The Balaban J connectivity index is 3.28. The van der Waals surface area contributed by atoms with E-state index in [2.05, 4.69) is 0 Å². The number of rotatable bonds is 6.